The lowest BCUT2D eigenvalue weighted by Crippen LogP contribution is -2.47. The average molecular weight is 475 g/mol. The van der Waals surface area contributed by atoms with E-state index >= 15 is 0 Å². The second-order valence-electron chi connectivity index (χ2n) is 8.61. The lowest BCUT2D eigenvalue weighted by Gasteiger charge is -2.39. The number of hydrogen-bond acceptors (Lipinski definition) is 7. The molecular formula is C22H26N4O4S2. The molecule has 0 unspecified atom stereocenters. The molecule has 2 aromatic heterocycles. The van der Waals surface area contributed by atoms with Crippen LogP contribution < -0.4 is 4.72 Å². The van der Waals surface area contributed by atoms with Gasteiger partial charge in [0.1, 0.15) is 15.2 Å². The van der Waals surface area contributed by atoms with Gasteiger partial charge in [-0.2, -0.15) is 0 Å². The van der Waals surface area contributed by atoms with Crippen LogP contribution in [0, 0.1) is 5.92 Å². The number of nitrogens with one attached hydrogen (secondary N) is 1. The summed E-state index contributed by atoms with van der Waals surface area (Å²) in [5.74, 6) is 0.279. The van der Waals surface area contributed by atoms with Crippen LogP contribution in [-0.2, 0) is 10.0 Å². The molecule has 8 nitrogen and oxygen atoms in total. The van der Waals surface area contributed by atoms with Gasteiger partial charge in [-0.3, -0.25) is 9.52 Å². The van der Waals surface area contributed by atoms with E-state index < -0.39 is 15.6 Å². The number of likely N-dealkylation sites (tertiary alicyclic amines) is 1. The number of carbonyl (C=O) groups is 1. The van der Waals surface area contributed by atoms with E-state index in [0.717, 1.165) is 6.42 Å². The van der Waals surface area contributed by atoms with Gasteiger partial charge >= 0.3 is 0 Å². The Balaban J connectivity index is 1.43. The van der Waals surface area contributed by atoms with Crippen LogP contribution in [0.5, 0.6) is 0 Å². The first kappa shape index (κ1) is 22.6. The van der Waals surface area contributed by atoms with E-state index in [-0.39, 0.29) is 10.8 Å². The zero-order chi connectivity index (χ0) is 22.9. The van der Waals surface area contributed by atoms with E-state index in [4.69, 9.17) is 0 Å². The van der Waals surface area contributed by atoms with Crippen LogP contribution in [0.1, 0.15) is 43.5 Å². The van der Waals surface area contributed by atoms with Gasteiger partial charge in [0.25, 0.3) is 15.9 Å². The smallest absolute Gasteiger partial charge is 0.264 e. The second-order valence-corrected chi connectivity index (χ2v) is 11.1. The minimum atomic E-state index is -3.86. The number of aliphatic hydroxyl groups is 1. The monoisotopic (exact) mass is 474 g/mol. The zero-order valence-corrected chi connectivity index (χ0v) is 19.6. The molecule has 0 atom stereocenters. The Morgan fingerprint density at radius 2 is 1.88 bits per heavy atom. The normalized spacial score (nSPS) is 16.4. The number of piperidine rings is 1. The van der Waals surface area contributed by atoms with Crippen molar-refractivity contribution in [2.45, 2.75) is 43.6 Å². The standard InChI is InChI=1S/C22H26N4O4S2/c1-15(2)13-22(28)8-11-26(12-9-22)21(27)16-3-5-17(6-4-16)25-32(29,30)18-7-10-23-20-19(18)24-14-31-20/h3-7,10,14-15,25,28H,8-9,11-13H2,1-2H3. The first-order valence-electron chi connectivity index (χ1n) is 10.5. The summed E-state index contributed by atoms with van der Waals surface area (Å²) in [7, 11) is -3.86. The van der Waals surface area contributed by atoms with Gasteiger partial charge in [-0.15, -0.1) is 11.3 Å². The molecule has 1 aliphatic heterocycles. The Morgan fingerprint density at radius 1 is 1.19 bits per heavy atom. The third kappa shape index (κ3) is 4.77. The van der Waals surface area contributed by atoms with Crippen LogP contribution >= 0.6 is 11.3 Å². The van der Waals surface area contributed by atoms with E-state index in [0.29, 0.717) is 53.4 Å². The Morgan fingerprint density at radius 3 is 2.53 bits per heavy atom. The fourth-order valence-corrected chi connectivity index (χ4v) is 6.05. The summed E-state index contributed by atoms with van der Waals surface area (Å²) in [6, 6.07) is 7.78. The predicted octanol–water partition coefficient (Wildman–Crippen LogP) is 3.51. The van der Waals surface area contributed by atoms with Crippen molar-refractivity contribution in [3.05, 3.63) is 47.6 Å². The molecule has 0 radical (unpaired) electrons. The minimum Gasteiger partial charge on any atom is -0.390 e. The molecule has 170 valence electrons. The molecule has 1 saturated heterocycles. The van der Waals surface area contributed by atoms with Crippen LogP contribution in [0.2, 0.25) is 0 Å². The number of rotatable bonds is 6. The van der Waals surface area contributed by atoms with Crippen LogP contribution in [-0.4, -0.2) is 53.0 Å². The number of aromatic nitrogens is 2. The molecule has 1 aromatic carbocycles. The van der Waals surface area contributed by atoms with Crippen LogP contribution in [0.3, 0.4) is 0 Å². The molecule has 3 heterocycles. The highest BCUT2D eigenvalue weighted by Gasteiger charge is 2.34. The van der Waals surface area contributed by atoms with Crippen molar-refractivity contribution in [1.29, 1.82) is 0 Å². The number of anilines is 1. The maximum Gasteiger partial charge on any atom is 0.264 e. The van der Waals surface area contributed by atoms with Crippen molar-refractivity contribution in [3.8, 4) is 0 Å². The van der Waals surface area contributed by atoms with Crippen LogP contribution in [0.15, 0.2) is 46.9 Å². The Hall–Kier alpha value is -2.56. The van der Waals surface area contributed by atoms with Gasteiger partial charge in [0.15, 0.2) is 0 Å². The summed E-state index contributed by atoms with van der Waals surface area (Å²) >= 11 is 1.27. The van der Waals surface area contributed by atoms with Crippen LogP contribution in [0.4, 0.5) is 5.69 Å². The van der Waals surface area contributed by atoms with E-state index in [1.54, 1.807) is 34.7 Å². The molecule has 1 fully saturated rings. The van der Waals surface area contributed by atoms with Gasteiger partial charge in [-0.25, -0.2) is 18.4 Å². The molecule has 0 spiro atoms. The molecular weight excluding hydrogens is 448 g/mol. The summed E-state index contributed by atoms with van der Waals surface area (Å²) in [5, 5.41) is 10.7. The summed E-state index contributed by atoms with van der Waals surface area (Å²) in [6.45, 7) is 5.17. The zero-order valence-electron chi connectivity index (χ0n) is 18.0. The number of nitrogens with zero attached hydrogens (tertiary/aromatic N) is 3. The van der Waals surface area contributed by atoms with E-state index in [9.17, 15) is 18.3 Å². The van der Waals surface area contributed by atoms with E-state index in [1.165, 1.54) is 23.6 Å². The summed E-state index contributed by atoms with van der Waals surface area (Å²) in [5.41, 5.74) is 2.02. The topological polar surface area (TPSA) is 112 Å². The molecule has 10 heteroatoms. The molecule has 3 aromatic rings. The maximum absolute atomic E-state index is 12.9. The highest BCUT2D eigenvalue weighted by Crippen LogP contribution is 2.30. The molecule has 4 rings (SSSR count). The van der Waals surface area contributed by atoms with E-state index in [1.807, 2.05) is 0 Å². The average Bonchev–Trinajstić information content (AvgIpc) is 3.22. The lowest BCUT2D eigenvalue weighted by atomic mass is 9.84. The minimum absolute atomic E-state index is 0.0612. The van der Waals surface area contributed by atoms with Gasteiger partial charge in [-0.1, -0.05) is 13.8 Å². The predicted molar refractivity (Wildman–Crippen MR) is 124 cm³/mol. The number of fused-ring (bicyclic) bond motifs is 1. The first-order valence-corrected chi connectivity index (χ1v) is 12.9. The quantitative estimate of drug-likeness (QED) is 0.565. The molecule has 32 heavy (non-hydrogen) atoms. The van der Waals surface area contributed by atoms with Crippen LogP contribution in [0.25, 0.3) is 10.3 Å². The molecule has 0 saturated carbocycles. The summed E-state index contributed by atoms with van der Waals surface area (Å²) < 4.78 is 28.2. The number of hydrogen-bond donors (Lipinski definition) is 2. The second kappa shape index (κ2) is 8.76. The third-order valence-corrected chi connectivity index (χ3v) is 7.79. The third-order valence-electron chi connectivity index (χ3n) is 5.64. The number of carbonyl (C=O) groups excluding carboxylic acids is 1. The van der Waals surface area contributed by atoms with Crippen molar-refractivity contribution in [3.63, 3.8) is 0 Å². The molecule has 1 amide bonds. The molecule has 0 aliphatic carbocycles. The highest BCUT2D eigenvalue weighted by molar-refractivity contribution is 7.93. The van der Waals surface area contributed by atoms with Gasteiger partial charge in [0, 0.05) is 30.5 Å². The van der Waals surface area contributed by atoms with Gasteiger partial charge in [0.05, 0.1) is 11.1 Å². The fourth-order valence-electron chi connectivity index (χ4n) is 4.13. The summed E-state index contributed by atoms with van der Waals surface area (Å²) in [4.78, 5) is 23.4. The number of pyridine rings is 1. The number of sulfonamides is 1. The number of amides is 1. The molecule has 0 bridgehead atoms. The molecule has 2 N–H and O–H groups in total. The first-order chi connectivity index (χ1) is 15.2. The highest BCUT2D eigenvalue weighted by atomic mass is 32.2. The fraction of sp³-hybridized carbons (Fsp3) is 0.409. The Bertz CT molecular complexity index is 1210. The van der Waals surface area contributed by atoms with Crippen molar-refractivity contribution in [2.75, 3.05) is 17.8 Å². The Labute approximate surface area is 191 Å². The summed E-state index contributed by atoms with van der Waals surface area (Å²) in [6.07, 6.45) is 3.30. The van der Waals surface area contributed by atoms with Crippen molar-refractivity contribution in [1.82, 2.24) is 14.9 Å². The maximum atomic E-state index is 12.9. The SMILES string of the molecule is CC(C)CC1(O)CCN(C(=O)c2ccc(NS(=O)(=O)c3ccnc4scnc34)cc2)CC1. The van der Waals surface area contributed by atoms with Gasteiger partial charge < -0.3 is 10.0 Å². The van der Waals surface area contributed by atoms with Crippen molar-refractivity contribution >= 4 is 43.3 Å². The van der Waals surface area contributed by atoms with E-state index in [2.05, 4.69) is 28.5 Å². The number of thiazole rings is 1. The lowest BCUT2D eigenvalue weighted by molar-refractivity contribution is -0.0311. The van der Waals surface area contributed by atoms with Crippen molar-refractivity contribution < 1.29 is 18.3 Å². The molecule has 1 aliphatic rings. The van der Waals surface area contributed by atoms with Gasteiger partial charge in [0.2, 0.25) is 0 Å². The largest absolute Gasteiger partial charge is 0.390 e. The van der Waals surface area contributed by atoms with Gasteiger partial charge in [-0.05, 0) is 55.5 Å². The Kier molecular flexibility index (Phi) is 6.19. The number of benzene rings is 1. The van der Waals surface area contributed by atoms with Crippen molar-refractivity contribution in [2.24, 2.45) is 5.92 Å².